The number of hydrogen-bond donors (Lipinski definition) is 1. The second-order valence-corrected chi connectivity index (χ2v) is 6.36. The molecule has 0 unspecified atom stereocenters. The minimum absolute atomic E-state index is 0.107. The van der Waals surface area contributed by atoms with Crippen LogP contribution in [0.15, 0.2) is 42.6 Å². The number of carbonyl (C=O) groups is 1. The van der Waals surface area contributed by atoms with Crippen LogP contribution in [-0.2, 0) is 6.54 Å². The van der Waals surface area contributed by atoms with Gasteiger partial charge in [0.15, 0.2) is 5.82 Å². The number of aromatic nitrogens is 4. The van der Waals surface area contributed by atoms with Crippen molar-refractivity contribution in [2.75, 3.05) is 13.2 Å². The molecular weight excluding hydrogens is 342 g/mol. The van der Waals surface area contributed by atoms with Gasteiger partial charge in [0.25, 0.3) is 5.91 Å². The summed E-state index contributed by atoms with van der Waals surface area (Å²) in [4.78, 5) is 21.1. The number of hydrogen-bond acceptors (Lipinski definition) is 5. The highest BCUT2D eigenvalue weighted by Gasteiger charge is 2.20. The van der Waals surface area contributed by atoms with E-state index in [4.69, 9.17) is 4.74 Å². The summed E-state index contributed by atoms with van der Waals surface area (Å²) in [5, 5.41) is 7.35. The molecule has 0 saturated heterocycles. The van der Waals surface area contributed by atoms with Gasteiger partial charge in [-0.2, -0.15) is 5.10 Å². The van der Waals surface area contributed by atoms with E-state index in [0.29, 0.717) is 42.6 Å². The van der Waals surface area contributed by atoms with Crippen LogP contribution in [-0.4, -0.2) is 38.8 Å². The molecule has 3 aromatic rings. The van der Waals surface area contributed by atoms with Crippen LogP contribution in [0.1, 0.15) is 30.3 Å². The Morgan fingerprint density at radius 3 is 2.96 bits per heavy atom. The maximum atomic E-state index is 12.0. The number of fused-ring (bicyclic) bond motifs is 1. The number of ether oxygens (including phenoxy) is 1. The molecule has 1 aromatic carbocycles. The number of rotatable bonds is 6. The molecule has 0 radical (unpaired) electrons. The van der Waals surface area contributed by atoms with Crippen LogP contribution in [0.4, 0.5) is 0 Å². The molecule has 7 nitrogen and oxygen atoms in total. The van der Waals surface area contributed by atoms with E-state index in [1.54, 1.807) is 23.0 Å². The number of carbonyl (C=O) groups excluding carboxylic acids is 1. The Morgan fingerprint density at radius 2 is 2.11 bits per heavy atom. The third-order valence-electron chi connectivity index (χ3n) is 4.42. The second-order valence-electron chi connectivity index (χ2n) is 6.36. The SMILES string of the molecule is CCCCOc1ccccc1-c1nccc(-c2cc3n(n2)CCNC3=O)n1. The van der Waals surface area contributed by atoms with Crippen molar-refractivity contribution < 1.29 is 9.53 Å². The number of amides is 1. The Balaban J connectivity index is 1.67. The van der Waals surface area contributed by atoms with Crippen molar-refractivity contribution in [2.45, 2.75) is 26.3 Å². The lowest BCUT2D eigenvalue weighted by atomic mass is 10.1. The highest BCUT2D eigenvalue weighted by atomic mass is 16.5. The fourth-order valence-corrected chi connectivity index (χ4v) is 3.00. The van der Waals surface area contributed by atoms with Crippen LogP contribution >= 0.6 is 0 Å². The zero-order valence-corrected chi connectivity index (χ0v) is 15.2. The van der Waals surface area contributed by atoms with Crippen LogP contribution in [0.5, 0.6) is 5.75 Å². The van der Waals surface area contributed by atoms with Crippen LogP contribution in [0.2, 0.25) is 0 Å². The van der Waals surface area contributed by atoms with Gasteiger partial charge < -0.3 is 10.1 Å². The summed E-state index contributed by atoms with van der Waals surface area (Å²) in [6.45, 7) is 4.04. The quantitative estimate of drug-likeness (QED) is 0.681. The Bertz CT molecular complexity index is 967. The topological polar surface area (TPSA) is 81.9 Å². The molecule has 0 saturated carbocycles. The molecule has 3 heterocycles. The van der Waals surface area contributed by atoms with Gasteiger partial charge in [-0.15, -0.1) is 0 Å². The van der Waals surface area contributed by atoms with Crippen LogP contribution in [0, 0.1) is 0 Å². The standard InChI is InChI=1S/C20H21N5O2/c1-2-3-12-27-18-7-5-4-6-14(18)19-21-9-8-15(23-19)16-13-17-20(26)22-10-11-25(17)24-16/h4-9,13H,2-3,10-12H2,1H3,(H,22,26). The highest BCUT2D eigenvalue weighted by Crippen LogP contribution is 2.29. The summed E-state index contributed by atoms with van der Waals surface area (Å²) in [7, 11) is 0. The number of nitrogens with one attached hydrogen (secondary N) is 1. The zero-order valence-electron chi connectivity index (χ0n) is 15.2. The van der Waals surface area contributed by atoms with Gasteiger partial charge in [0.05, 0.1) is 24.4 Å². The Kier molecular flexibility index (Phi) is 4.82. The summed E-state index contributed by atoms with van der Waals surface area (Å²) in [5.41, 5.74) is 2.74. The first-order valence-electron chi connectivity index (χ1n) is 9.18. The summed E-state index contributed by atoms with van der Waals surface area (Å²) in [5.74, 6) is 1.24. The normalized spacial score (nSPS) is 13.1. The molecule has 1 N–H and O–H groups in total. The van der Waals surface area contributed by atoms with Crippen LogP contribution in [0.25, 0.3) is 22.8 Å². The Hall–Kier alpha value is -3.22. The maximum absolute atomic E-state index is 12.0. The molecule has 4 rings (SSSR count). The van der Waals surface area contributed by atoms with E-state index in [1.165, 1.54) is 0 Å². The summed E-state index contributed by atoms with van der Waals surface area (Å²) in [6.07, 6.45) is 3.78. The summed E-state index contributed by atoms with van der Waals surface area (Å²) < 4.78 is 7.63. The number of benzene rings is 1. The van der Waals surface area contributed by atoms with Crippen LogP contribution in [0.3, 0.4) is 0 Å². The largest absolute Gasteiger partial charge is 0.493 e. The third-order valence-corrected chi connectivity index (χ3v) is 4.42. The van der Waals surface area contributed by atoms with Crippen molar-refractivity contribution >= 4 is 5.91 Å². The molecule has 7 heteroatoms. The Morgan fingerprint density at radius 1 is 1.22 bits per heavy atom. The monoisotopic (exact) mass is 363 g/mol. The summed E-state index contributed by atoms with van der Waals surface area (Å²) >= 11 is 0. The van der Waals surface area contributed by atoms with E-state index in [1.807, 2.05) is 24.3 Å². The van der Waals surface area contributed by atoms with Crippen molar-refractivity contribution in [3.05, 3.63) is 48.3 Å². The van der Waals surface area contributed by atoms with Crippen molar-refractivity contribution in [3.63, 3.8) is 0 Å². The van der Waals surface area contributed by atoms with E-state index in [-0.39, 0.29) is 5.91 Å². The first-order valence-corrected chi connectivity index (χ1v) is 9.18. The van der Waals surface area contributed by atoms with Crippen molar-refractivity contribution in [1.29, 1.82) is 0 Å². The van der Waals surface area contributed by atoms with Crippen LogP contribution < -0.4 is 10.1 Å². The molecule has 1 aliphatic rings. The summed E-state index contributed by atoms with van der Waals surface area (Å²) in [6, 6.07) is 11.3. The van der Waals surface area contributed by atoms with Crippen molar-refractivity contribution in [3.8, 4) is 28.5 Å². The van der Waals surface area contributed by atoms with Crippen molar-refractivity contribution in [2.24, 2.45) is 0 Å². The molecule has 1 amide bonds. The maximum Gasteiger partial charge on any atom is 0.269 e. The molecule has 27 heavy (non-hydrogen) atoms. The number of nitrogens with zero attached hydrogens (tertiary/aromatic N) is 4. The van der Waals surface area contributed by atoms with Gasteiger partial charge in [0, 0.05) is 12.7 Å². The molecule has 138 valence electrons. The van der Waals surface area contributed by atoms with E-state index in [9.17, 15) is 4.79 Å². The molecule has 0 spiro atoms. The molecular formula is C20H21N5O2. The average Bonchev–Trinajstić information content (AvgIpc) is 3.15. The average molecular weight is 363 g/mol. The van der Waals surface area contributed by atoms with Crippen molar-refractivity contribution in [1.82, 2.24) is 25.1 Å². The van der Waals surface area contributed by atoms with Gasteiger partial charge in [0.1, 0.15) is 17.1 Å². The van der Waals surface area contributed by atoms with Gasteiger partial charge in [-0.1, -0.05) is 25.5 Å². The minimum Gasteiger partial charge on any atom is -0.493 e. The van der Waals surface area contributed by atoms with E-state index in [0.717, 1.165) is 24.2 Å². The fraction of sp³-hybridized carbons (Fsp3) is 0.300. The smallest absolute Gasteiger partial charge is 0.269 e. The Labute approximate surface area is 157 Å². The van der Waals surface area contributed by atoms with Gasteiger partial charge in [-0.25, -0.2) is 9.97 Å². The first-order chi connectivity index (χ1) is 13.3. The van der Waals surface area contributed by atoms with Gasteiger partial charge in [-0.05, 0) is 30.7 Å². The van der Waals surface area contributed by atoms with Gasteiger partial charge in [0.2, 0.25) is 0 Å². The minimum atomic E-state index is -0.107. The third kappa shape index (κ3) is 3.53. The van der Waals surface area contributed by atoms with E-state index < -0.39 is 0 Å². The highest BCUT2D eigenvalue weighted by molar-refractivity contribution is 5.94. The lowest BCUT2D eigenvalue weighted by Crippen LogP contribution is -2.35. The fourth-order valence-electron chi connectivity index (χ4n) is 3.00. The lowest BCUT2D eigenvalue weighted by Gasteiger charge is -2.13. The molecule has 0 atom stereocenters. The predicted octanol–water partition coefficient (Wildman–Crippen LogP) is 2.93. The molecule has 0 aliphatic carbocycles. The first kappa shape index (κ1) is 17.2. The zero-order chi connectivity index (χ0) is 18.6. The number of para-hydroxylation sites is 1. The predicted molar refractivity (Wildman–Crippen MR) is 101 cm³/mol. The van der Waals surface area contributed by atoms with Gasteiger partial charge >= 0.3 is 0 Å². The molecule has 0 fully saturated rings. The lowest BCUT2D eigenvalue weighted by molar-refractivity contribution is 0.0924. The molecule has 1 aliphatic heterocycles. The van der Waals surface area contributed by atoms with E-state index >= 15 is 0 Å². The second kappa shape index (κ2) is 7.57. The van der Waals surface area contributed by atoms with Gasteiger partial charge in [-0.3, -0.25) is 9.48 Å². The molecule has 2 aromatic heterocycles. The molecule has 0 bridgehead atoms. The number of unbranched alkanes of at least 4 members (excludes halogenated alkanes) is 1. The van der Waals surface area contributed by atoms with E-state index in [2.05, 4.69) is 27.3 Å².